The zero-order valence-corrected chi connectivity index (χ0v) is 20.8. The summed E-state index contributed by atoms with van der Waals surface area (Å²) >= 11 is 6.11. The lowest BCUT2D eigenvalue weighted by molar-refractivity contribution is -0.148. The Hall–Kier alpha value is -3.13. The number of esters is 1. The van der Waals surface area contributed by atoms with Gasteiger partial charge in [-0.1, -0.05) is 55.0 Å². The van der Waals surface area contributed by atoms with Gasteiger partial charge in [0, 0.05) is 11.9 Å². The molecule has 0 saturated heterocycles. The number of hydrogen-bond acceptors (Lipinski definition) is 5. The van der Waals surface area contributed by atoms with E-state index in [4.69, 9.17) is 16.3 Å². The van der Waals surface area contributed by atoms with E-state index in [9.17, 15) is 14.4 Å². The number of carbonyl (C=O) groups is 3. The zero-order chi connectivity index (χ0) is 24.9. The molecule has 0 unspecified atom stereocenters. The van der Waals surface area contributed by atoms with Crippen LogP contribution in [0.3, 0.4) is 0 Å². The topological polar surface area (TPSA) is 109 Å². The van der Waals surface area contributed by atoms with E-state index in [1.807, 2.05) is 32.9 Å². The maximum Gasteiger partial charge on any atom is 0.331 e. The first-order chi connectivity index (χ1) is 16.1. The number of nitrogens with zero attached hydrogens (tertiary/aromatic N) is 1. The zero-order valence-electron chi connectivity index (χ0n) is 20.0. The number of nitrogens with one attached hydrogen (secondary N) is 3. The molecule has 0 spiro atoms. The molecular formula is C25H31ClN4O4. The summed E-state index contributed by atoms with van der Waals surface area (Å²) in [5.41, 5.74) is 2.60. The van der Waals surface area contributed by atoms with E-state index in [1.165, 1.54) is 19.4 Å². The van der Waals surface area contributed by atoms with E-state index >= 15 is 0 Å². The highest BCUT2D eigenvalue weighted by Gasteiger charge is 2.41. The van der Waals surface area contributed by atoms with Crippen molar-refractivity contribution in [3.05, 3.63) is 51.8 Å². The van der Waals surface area contributed by atoms with Gasteiger partial charge in [-0.15, -0.1) is 0 Å². The van der Waals surface area contributed by atoms with Crippen LogP contribution in [0.2, 0.25) is 5.02 Å². The van der Waals surface area contributed by atoms with Crippen LogP contribution in [0.25, 0.3) is 0 Å². The maximum absolute atomic E-state index is 13.3. The number of anilines is 2. The molecule has 8 nitrogen and oxygen atoms in total. The van der Waals surface area contributed by atoms with Crippen molar-refractivity contribution in [2.45, 2.75) is 64.8 Å². The number of aryl methyl sites for hydroxylation is 3. The first-order valence-corrected chi connectivity index (χ1v) is 11.8. The van der Waals surface area contributed by atoms with Crippen LogP contribution in [0.4, 0.5) is 16.2 Å². The van der Waals surface area contributed by atoms with Crippen LogP contribution < -0.4 is 16.0 Å². The fraction of sp³-hybridized carbons (Fsp3) is 0.440. The van der Waals surface area contributed by atoms with Crippen LogP contribution in [-0.2, 0) is 9.53 Å². The Labute approximate surface area is 204 Å². The number of hydrogen-bond donors (Lipinski definition) is 3. The fourth-order valence-corrected chi connectivity index (χ4v) is 4.70. The van der Waals surface area contributed by atoms with Crippen LogP contribution in [0.15, 0.2) is 24.4 Å². The van der Waals surface area contributed by atoms with Gasteiger partial charge in [0.25, 0.3) is 5.91 Å². The van der Waals surface area contributed by atoms with Crippen LogP contribution in [0, 0.1) is 20.8 Å². The van der Waals surface area contributed by atoms with Crippen molar-refractivity contribution in [1.82, 2.24) is 10.3 Å². The third-order valence-electron chi connectivity index (χ3n) is 6.12. The smallest absolute Gasteiger partial charge is 0.331 e. The molecule has 1 aromatic heterocycles. The van der Waals surface area contributed by atoms with Crippen LogP contribution in [-0.4, -0.2) is 35.5 Å². The summed E-state index contributed by atoms with van der Waals surface area (Å²) in [6.07, 6.45) is 5.85. The normalized spacial score (nSPS) is 15.1. The molecule has 182 valence electrons. The van der Waals surface area contributed by atoms with Crippen molar-refractivity contribution in [3.63, 3.8) is 0 Å². The van der Waals surface area contributed by atoms with E-state index in [2.05, 4.69) is 20.9 Å². The van der Waals surface area contributed by atoms with Crippen LogP contribution in [0.5, 0.6) is 0 Å². The molecule has 3 N–H and O–H groups in total. The van der Waals surface area contributed by atoms with E-state index in [-0.39, 0.29) is 16.4 Å². The van der Waals surface area contributed by atoms with Gasteiger partial charge in [-0.25, -0.2) is 14.6 Å². The van der Waals surface area contributed by atoms with E-state index < -0.39 is 23.4 Å². The van der Waals surface area contributed by atoms with E-state index in [0.29, 0.717) is 18.5 Å². The molecule has 0 bridgehead atoms. The highest BCUT2D eigenvalue weighted by atomic mass is 35.5. The number of urea groups is 1. The lowest BCUT2D eigenvalue weighted by atomic mass is 9.90. The molecule has 1 aliphatic rings. The fourth-order valence-electron chi connectivity index (χ4n) is 4.54. The van der Waals surface area contributed by atoms with E-state index in [1.54, 1.807) is 0 Å². The molecule has 1 aliphatic carbocycles. The van der Waals surface area contributed by atoms with Crippen molar-refractivity contribution in [2.75, 3.05) is 17.7 Å². The van der Waals surface area contributed by atoms with Gasteiger partial charge >= 0.3 is 12.0 Å². The Bertz CT molecular complexity index is 1070. The largest absolute Gasteiger partial charge is 0.467 e. The molecule has 2 aromatic rings. The molecule has 34 heavy (non-hydrogen) atoms. The van der Waals surface area contributed by atoms with Gasteiger partial charge in [0.2, 0.25) is 0 Å². The number of rotatable bonds is 5. The number of carbonyl (C=O) groups excluding carboxylic acids is 3. The molecule has 3 rings (SSSR count). The van der Waals surface area contributed by atoms with Crippen molar-refractivity contribution in [1.29, 1.82) is 0 Å². The average Bonchev–Trinajstić information content (AvgIpc) is 3.02. The lowest BCUT2D eigenvalue weighted by Crippen LogP contribution is -2.55. The summed E-state index contributed by atoms with van der Waals surface area (Å²) in [4.78, 5) is 42.9. The molecular weight excluding hydrogens is 456 g/mol. The summed E-state index contributed by atoms with van der Waals surface area (Å²) in [7, 11) is 1.31. The van der Waals surface area contributed by atoms with Gasteiger partial charge < -0.3 is 20.7 Å². The minimum Gasteiger partial charge on any atom is -0.467 e. The molecule has 0 atom stereocenters. The third kappa shape index (κ3) is 5.86. The Morgan fingerprint density at radius 1 is 0.971 bits per heavy atom. The molecule has 1 heterocycles. The average molecular weight is 487 g/mol. The predicted octanol–water partition coefficient (Wildman–Crippen LogP) is 5.30. The summed E-state index contributed by atoms with van der Waals surface area (Å²) in [6.45, 7) is 5.81. The molecule has 0 aliphatic heterocycles. The van der Waals surface area contributed by atoms with E-state index in [0.717, 1.165) is 42.4 Å². The number of pyridine rings is 1. The molecule has 1 fully saturated rings. The van der Waals surface area contributed by atoms with Crippen LogP contribution in [0.1, 0.15) is 65.7 Å². The van der Waals surface area contributed by atoms with Crippen molar-refractivity contribution in [2.24, 2.45) is 0 Å². The van der Waals surface area contributed by atoms with Gasteiger partial charge in [-0.05, 0) is 50.8 Å². The summed E-state index contributed by atoms with van der Waals surface area (Å²) < 4.78 is 5.02. The number of benzene rings is 1. The molecule has 1 aromatic carbocycles. The maximum atomic E-state index is 13.3. The summed E-state index contributed by atoms with van der Waals surface area (Å²) in [5, 5.41) is 8.63. The summed E-state index contributed by atoms with van der Waals surface area (Å²) in [6, 6.07) is 4.86. The first-order valence-electron chi connectivity index (χ1n) is 11.4. The van der Waals surface area contributed by atoms with Gasteiger partial charge in [0.1, 0.15) is 5.54 Å². The van der Waals surface area contributed by atoms with Crippen molar-refractivity contribution in [3.8, 4) is 0 Å². The number of halogens is 1. The number of ether oxygens (including phenoxy) is 1. The van der Waals surface area contributed by atoms with Crippen molar-refractivity contribution < 1.29 is 19.1 Å². The number of amides is 3. The highest BCUT2D eigenvalue weighted by Crippen LogP contribution is 2.30. The Balaban J connectivity index is 1.84. The molecule has 3 amide bonds. The van der Waals surface area contributed by atoms with Crippen molar-refractivity contribution >= 4 is 40.9 Å². The first kappa shape index (κ1) is 25.5. The van der Waals surface area contributed by atoms with Gasteiger partial charge in [-0.2, -0.15) is 0 Å². The number of methoxy groups -OCH3 is 1. The Morgan fingerprint density at radius 3 is 2.18 bits per heavy atom. The highest BCUT2D eigenvalue weighted by molar-refractivity contribution is 6.31. The second-order valence-corrected chi connectivity index (χ2v) is 9.28. The quantitative estimate of drug-likeness (QED) is 0.392. The minimum atomic E-state index is -1.13. The van der Waals surface area contributed by atoms with Gasteiger partial charge in [0.15, 0.2) is 5.69 Å². The van der Waals surface area contributed by atoms with Gasteiger partial charge in [-0.3, -0.25) is 4.79 Å². The SMILES string of the molecule is COC(=O)C1(NC(=O)c2ncc(Cl)cc2NC(=O)Nc2c(C)cc(C)cc2C)CCCCCC1. The standard InChI is InChI=1S/C25H31ClN4O4/c1-15-11-16(2)20(17(3)12-15)29-24(33)28-19-13-18(26)14-27-21(19)22(31)30-25(23(32)34-4)9-7-5-6-8-10-25/h11-14H,5-10H2,1-4H3,(H,30,31)(H2,28,29,33). The lowest BCUT2D eigenvalue weighted by Gasteiger charge is -2.31. The second-order valence-electron chi connectivity index (χ2n) is 8.84. The Kier molecular flexibility index (Phi) is 8.15. The summed E-state index contributed by atoms with van der Waals surface area (Å²) in [5.74, 6) is -1.06. The monoisotopic (exact) mass is 486 g/mol. The Morgan fingerprint density at radius 2 is 1.59 bits per heavy atom. The molecule has 0 radical (unpaired) electrons. The molecule has 1 saturated carbocycles. The molecule has 9 heteroatoms. The number of aromatic nitrogens is 1. The van der Waals surface area contributed by atoms with Gasteiger partial charge in [0.05, 0.1) is 17.8 Å². The third-order valence-corrected chi connectivity index (χ3v) is 6.33. The predicted molar refractivity (Wildman–Crippen MR) is 132 cm³/mol. The van der Waals surface area contributed by atoms with Crippen LogP contribution >= 0.6 is 11.6 Å². The minimum absolute atomic E-state index is 0.0376. The second kappa shape index (κ2) is 10.9.